The fourth-order valence-electron chi connectivity index (χ4n) is 5.10. The minimum Gasteiger partial charge on any atom is -0.252 e. The lowest BCUT2D eigenvalue weighted by Crippen LogP contribution is -2.23. The Balaban J connectivity index is 1.58. The summed E-state index contributed by atoms with van der Waals surface area (Å²) in [6.45, 7) is 4.00. The predicted molar refractivity (Wildman–Crippen MR) is 167 cm³/mol. The maximum absolute atomic E-state index is 15.0. The molecule has 6 aromatic rings. The number of pyridine rings is 2. The number of halogens is 4. The van der Waals surface area contributed by atoms with Gasteiger partial charge in [0.25, 0.3) is 0 Å². The van der Waals surface area contributed by atoms with Crippen LogP contribution >= 0.6 is 11.6 Å². The molecule has 0 radical (unpaired) electrons. The summed E-state index contributed by atoms with van der Waals surface area (Å²) in [6, 6.07) is 35.1. The number of rotatable bonds is 6. The van der Waals surface area contributed by atoms with E-state index in [-0.39, 0.29) is 10.6 Å². The van der Waals surface area contributed by atoms with Crippen molar-refractivity contribution >= 4 is 11.6 Å². The van der Waals surface area contributed by atoms with Crippen molar-refractivity contribution in [1.29, 1.82) is 0 Å². The van der Waals surface area contributed by atoms with Crippen LogP contribution in [-0.4, -0.2) is 9.97 Å². The fraction of sp³-hybridized carbons (Fsp3) is 0.0811. The van der Waals surface area contributed by atoms with E-state index in [1.165, 1.54) is 24.3 Å². The lowest BCUT2D eigenvalue weighted by atomic mass is 9.82. The zero-order valence-corrected chi connectivity index (χ0v) is 24.2. The molecule has 0 aliphatic heterocycles. The molecule has 2 nitrogen and oxygen atoms in total. The zero-order chi connectivity index (χ0) is 30.1. The molecule has 4 aromatic carbocycles. The maximum Gasteiger partial charge on any atom is 0.135 e. The first-order valence-electron chi connectivity index (χ1n) is 13.8. The largest absolute Gasteiger partial charge is 0.252 e. The van der Waals surface area contributed by atoms with Crippen molar-refractivity contribution in [3.63, 3.8) is 0 Å². The molecule has 2 aromatic heterocycles. The second-order valence-corrected chi connectivity index (χ2v) is 11.3. The van der Waals surface area contributed by atoms with Gasteiger partial charge in [-0.2, -0.15) is 0 Å². The van der Waals surface area contributed by atoms with Crippen LogP contribution in [0.25, 0.3) is 44.8 Å². The maximum atomic E-state index is 15.0. The number of hydrogen-bond acceptors (Lipinski definition) is 2. The van der Waals surface area contributed by atoms with Crippen molar-refractivity contribution in [3.05, 3.63) is 155 Å². The average molecular weight is 591 g/mol. The lowest BCUT2D eigenvalue weighted by molar-refractivity contribution is 0.583. The molecule has 6 rings (SSSR count). The van der Waals surface area contributed by atoms with Crippen molar-refractivity contribution in [2.24, 2.45) is 0 Å². The van der Waals surface area contributed by atoms with Crippen LogP contribution in [0, 0.1) is 17.5 Å². The van der Waals surface area contributed by atoms with Crippen LogP contribution in [0.4, 0.5) is 13.2 Å². The molecule has 2 heterocycles. The highest BCUT2D eigenvalue weighted by Crippen LogP contribution is 2.39. The lowest BCUT2D eigenvalue weighted by Gasteiger charge is -2.27. The first kappa shape index (κ1) is 28.4. The van der Waals surface area contributed by atoms with Crippen LogP contribution in [0.1, 0.15) is 25.2 Å². The Morgan fingerprint density at radius 3 is 1.47 bits per heavy atom. The van der Waals surface area contributed by atoms with Gasteiger partial charge in [0.05, 0.1) is 27.8 Å². The molecule has 0 bridgehead atoms. The minimum atomic E-state index is -0.790. The average Bonchev–Trinajstić information content (AvgIpc) is 3.01. The van der Waals surface area contributed by atoms with Gasteiger partial charge in [0, 0.05) is 22.6 Å². The Morgan fingerprint density at radius 2 is 0.977 bits per heavy atom. The molecule has 0 saturated carbocycles. The Bertz CT molecular complexity index is 1800. The molecule has 43 heavy (non-hydrogen) atoms. The molecule has 0 aliphatic rings. The molecule has 212 valence electrons. The van der Waals surface area contributed by atoms with Crippen LogP contribution in [-0.2, 0) is 5.41 Å². The smallest absolute Gasteiger partial charge is 0.135 e. The molecule has 0 aliphatic carbocycles. The summed E-state index contributed by atoms with van der Waals surface area (Å²) in [6.07, 6.45) is 0. The Kier molecular flexibility index (Phi) is 7.59. The van der Waals surface area contributed by atoms with E-state index >= 15 is 4.39 Å². The van der Waals surface area contributed by atoms with Crippen molar-refractivity contribution in [1.82, 2.24) is 9.97 Å². The Labute approximate surface area is 253 Å². The fourth-order valence-corrected chi connectivity index (χ4v) is 5.36. The molecular formula is C37H26ClF3N2. The highest BCUT2D eigenvalue weighted by molar-refractivity contribution is 6.33. The zero-order valence-electron chi connectivity index (χ0n) is 23.5. The van der Waals surface area contributed by atoms with Gasteiger partial charge in [0.2, 0.25) is 0 Å². The summed E-state index contributed by atoms with van der Waals surface area (Å²) in [7, 11) is 0. The summed E-state index contributed by atoms with van der Waals surface area (Å²) < 4.78 is 42.8. The van der Waals surface area contributed by atoms with Gasteiger partial charge in [0.1, 0.15) is 17.5 Å². The van der Waals surface area contributed by atoms with Gasteiger partial charge >= 0.3 is 0 Å². The monoisotopic (exact) mass is 590 g/mol. The predicted octanol–water partition coefficient (Wildman–Crippen LogP) is 10.5. The van der Waals surface area contributed by atoms with Crippen LogP contribution in [0.15, 0.2) is 121 Å². The normalized spacial score (nSPS) is 11.5. The van der Waals surface area contributed by atoms with Crippen molar-refractivity contribution in [2.75, 3.05) is 0 Å². The molecule has 0 N–H and O–H groups in total. The molecule has 0 saturated heterocycles. The third-order valence-electron chi connectivity index (χ3n) is 7.56. The SMILES string of the molecule is CC(C)(c1cc(-c2ccccc2)cc(-c2ccc(F)cc2F)n1)c1cc(-c2ccccc2)cc(-c2ccc(F)cc2Cl)n1. The number of nitrogens with zero attached hydrogens (tertiary/aromatic N) is 2. The molecule has 0 spiro atoms. The first-order chi connectivity index (χ1) is 20.7. The standard InChI is InChI=1S/C37H26ClF3N2/c1-37(2,35-19-25(23-9-5-3-6-10-23)17-33(42-35)29-15-13-27(39)21-31(29)38)36-20-26(24-11-7-4-8-12-24)18-34(43-36)30-16-14-28(40)22-32(30)41/h3-22H,1-2H3. The first-order valence-corrected chi connectivity index (χ1v) is 14.1. The Morgan fingerprint density at radius 1 is 0.512 bits per heavy atom. The second kappa shape index (κ2) is 11.5. The molecule has 0 fully saturated rings. The third-order valence-corrected chi connectivity index (χ3v) is 7.87. The van der Waals surface area contributed by atoms with Crippen molar-refractivity contribution in [2.45, 2.75) is 19.3 Å². The molecule has 0 unspecified atom stereocenters. The van der Waals surface area contributed by atoms with E-state index < -0.39 is 22.9 Å². The Hall–Kier alpha value is -4.74. The van der Waals surface area contributed by atoms with Crippen molar-refractivity contribution < 1.29 is 13.2 Å². The van der Waals surface area contributed by atoms with Crippen molar-refractivity contribution in [3.8, 4) is 44.8 Å². The second-order valence-electron chi connectivity index (χ2n) is 10.9. The van der Waals surface area contributed by atoms with Crippen LogP contribution < -0.4 is 0 Å². The van der Waals surface area contributed by atoms with Crippen LogP contribution in [0.5, 0.6) is 0 Å². The molecule has 0 atom stereocenters. The van der Waals surface area contributed by atoms with Gasteiger partial charge in [-0.15, -0.1) is 0 Å². The van der Waals surface area contributed by atoms with Gasteiger partial charge in [0.15, 0.2) is 0 Å². The van der Waals surface area contributed by atoms with E-state index in [1.807, 2.05) is 98.8 Å². The van der Waals surface area contributed by atoms with E-state index in [9.17, 15) is 8.78 Å². The summed E-state index contributed by atoms with van der Waals surface area (Å²) in [5.41, 5.74) is 5.92. The van der Waals surface area contributed by atoms with Crippen LogP contribution in [0.2, 0.25) is 5.02 Å². The topological polar surface area (TPSA) is 25.8 Å². The highest BCUT2D eigenvalue weighted by Gasteiger charge is 2.29. The number of benzene rings is 4. The quantitative estimate of drug-likeness (QED) is 0.193. The van der Waals surface area contributed by atoms with Gasteiger partial charge in [-0.3, -0.25) is 9.97 Å². The summed E-state index contributed by atoms with van der Waals surface area (Å²) >= 11 is 6.49. The number of aromatic nitrogens is 2. The minimum absolute atomic E-state index is 0.195. The van der Waals surface area contributed by atoms with E-state index in [0.717, 1.165) is 28.3 Å². The van der Waals surface area contributed by atoms with E-state index in [4.69, 9.17) is 21.6 Å². The van der Waals surface area contributed by atoms with Gasteiger partial charge in [-0.25, -0.2) is 13.2 Å². The summed E-state index contributed by atoms with van der Waals surface area (Å²) in [5.74, 6) is -1.79. The van der Waals surface area contributed by atoms with E-state index in [1.54, 1.807) is 6.07 Å². The highest BCUT2D eigenvalue weighted by atomic mass is 35.5. The van der Waals surface area contributed by atoms with Gasteiger partial charge < -0.3 is 0 Å². The molecule has 0 amide bonds. The number of hydrogen-bond donors (Lipinski definition) is 0. The van der Waals surface area contributed by atoms with Gasteiger partial charge in [-0.1, -0.05) is 72.3 Å². The molecular weight excluding hydrogens is 565 g/mol. The van der Waals surface area contributed by atoms with Gasteiger partial charge in [-0.05, 0) is 90.7 Å². The summed E-state index contributed by atoms with van der Waals surface area (Å²) in [5, 5.41) is 0.250. The van der Waals surface area contributed by atoms with E-state index in [0.29, 0.717) is 28.3 Å². The third kappa shape index (κ3) is 5.81. The molecule has 6 heteroatoms. The van der Waals surface area contributed by atoms with E-state index in [2.05, 4.69) is 0 Å². The summed E-state index contributed by atoms with van der Waals surface area (Å²) in [4.78, 5) is 9.95. The van der Waals surface area contributed by atoms with Crippen LogP contribution in [0.3, 0.4) is 0 Å².